The molecule has 0 amide bonds. The molecule has 0 aliphatic heterocycles. The molecule has 0 aliphatic rings. The Hall–Kier alpha value is -0.870. The summed E-state index contributed by atoms with van der Waals surface area (Å²) in [5.41, 5.74) is -0.763. The van der Waals surface area contributed by atoms with Gasteiger partial charge in [-0.25, -0.2) is 4.98 Å². The first-order chi connectivity index (χ1) is 6.55. The van der Waals surface area contributed by atoms with Crippen molar-refractivity contribution >= 4 is 0 Å². The standard InChI is InChI=1S/C10H18N2O2/c1-10(13,8-14-3)5-4-9-11-6-7-12(9)2/h6-7,13H,4-5,8H2,1-3H3. The van der Waals surface area contributed by atoms with Gasteiger partial charge in [-0.15, -0.1) is 0 Å². The van der Waals surface area contributed by atoms with Crippen LogP contribution in [0.3, 0.4) is 0 Å². The van der Waals surface area contributed by atoms with Gasteiger partial charge in [-0.05, 0) is 13.3 Å². The molecule has 0 bridgehead atoms. The van der Waals surface area contributed by atoms with E-state index in [0.29, 0.717) is 13.0 Å². The Morgan fingerprint density at radius 1 is 1.64 bits per heavy atom. The zero-order chi connectivity index (χ0) is 10.6. The number of methoxy groups -OCH3 is 1. The van der Waals surface area contributed by atoms with Gasteiger partial charge in [-0.3, -0.25) is 0 Å². The minimum absolute atomic E-state index is 0.359. The molecular formula is C10H18N2O2. The number of imidazole rings is 1. The molecule has 1 aromatic rings. The Morgan fingerprint density at radius 2 is 2.36 bits per heavy atom. The smallest absolute Gasteiger partial charge is 0.108 e. The van der Waals surface area contributed by atoms with Gasteiger partial charge in [0.05, 0.1) is 12.2 Å². The third-order valence-corrected chi connectivity index (χ3v) is 2.26. The molecule has 4 heteroatoms. The average Bonchev–Trinajstić information content (AvgIpc) is 2.48. The number of aliphatic hydroxyl groups is 1. The molecule has 1 heterocycles. The fraction of sp³-hybridized carbons (Fsp3) is 0.700. The first-order valence-electron chi connectivity index (χ1n) is 4.73. The topological polar surface area (TPSA) is 47.3 Å². The van der Waals surface area contributed by atoms with Crippen LogP contribution >= 0.6 is 0 Å². The second-order valence-electron chi connectivity index (χ2n) is 3.88. The van der Waals surface area contributed by atoms with Gasteiger partial charge in [0.15, 0.2) is 0 Å². The van der Waals surface area contributed by atoms with E-state index < -0.39 is 5.60 Å². The Kier molecular flexibility index (Phi) is 3.66. The highest BCUT2D eigenvalue weighted by atomic mass is 16.5. The summed E-state index contributed by atoms with van der Waals surface area (Å²) < 4.78 is 6.89. The summed E-state index contributed by atoms with van der Waals surface area (Å²) in [4.78, 5) is 4.19. The van der Waals surface area contributed by atoms with E-state index in [0.717, 1.165) is 12.2 Å². The fourth-order valence-corrected chi connectivity index (χ4v) is 1.40. The second-order valence-corrected chi connectivity index (χ2v) is 3.88. The Balaban J connectivity index is 2.44. The summed E-state index contributed by atoms with van der Waals surface area (Å²) in [7, 11) is 3.54. The lowest BCUT2D eigenvalue weighted by Gasteiger charge is -2.21. The van der Waals surface area contributed by atoms with Crippen molar-refractivity contribution in [2.45, 2.75) is 25.4 Å². The van der Waals surface area contributed by atoms with E-state index in [2.05, 4.69) is 4.98 Å². The minimum Gasteiger partial charge on any atom is -0.388 e. The second kappa shape index (κ2) is 4.57. The van der Waals surface area contributed by atoms with Crippen LogP contribution in [0.5, 0.6) is 0 Å². The van der Waals surface area contributed by atoms with Crippen LogP contribution in [0, 0.1) is 0 Å². The van der Waals surface area contributed by atoms with Crippen LogP contribution in [-0.2, 0) is 18.2 Å². The first kappa shape index (κ1) is 11.2. The van der Waals surface area contributed by atoms with E-state index in [-0.39, 0.29) is 0 Å². The van der Waals surface area contributed by atoms with Gasteiger partial charge in [0.2, 0.25) is 0 Å². The molecule has 0 aliphatic carbocycles. The number of nitrogens with zero attached hydrogens (tertiary/aromatic N) is 2. The van der Waals surface area contributed by atoms with Crippen molar-refractivity contribution < 1.29 is 9.84 Å². The Morgan fingerprint density at radius 3 is 2.86 bits per heavy atom. The number of hydrogen-bond acceptors (Lipinski definition) is 3. The number of hydrogen-bond donors (Lipinski definition) is 1. The van der Waals surface area contributed by atoms with Crippen LogP contribution in [0.2, 0.25) is 0 Å². The number of rotatable bonds is 5. The van der Waals surface area contributed by atoms with Gasteiger partial charge in [0.25, 0.3) is 0 Å². The van der Waals surface area contributed by atoms with E-state index in [1.54, 1.807) is 20.2 Å². The van der Waals surface area contributed by atoms with Crippen molar-refractivity contribution in [3.8, 4) is 0 Å². The van der Waals surface area contributed by atoms with Gasteiger partial charge in [0, 0.05) is 33.0 Å². The van der Waals surface area contributed by atoms with E-state index in [1.165, 1.54) is 0 Å². The highest BCUT2D eigenvalue weighted by Gasteiger charge is 2.20. The number of ether oxygens (including phenoxy) is 1. The fourth-order valence-electron chi connectivity index (χ4n) is 1.40. The monoisotopic (exact) mass is 198 g/mol. The predicted molar refractivity (Wildman–Crippen MR) is 54.0 cm³/mol. The molecule has 0 aromatic carbocycles. The lowest BCUT2D eigenvalue weighted by molar-refractivity contribution is -0.0227. The Labute approximate surface area is 84.5 Å². The molecule has 0 saturated heterocycles. The first-order valence-corrected chi connectivity index (χ1v) is 4.73. The number of aromatic nitrogens is 2. The van der Waals surface area contributed by atoms with Crippen molar-refractivity contribution in [3.63, 3.8) is 0 Å². The van der Waals surface area contributed by atoms with Crippen molar-refractivity contribution in [3.05, 3.63) is 18.2 Å². The summed E-state index contributed by atoms with van der Waals surface area (Å²) >= 11 is 0. The highest BCUT2D eigenvalue weighted by Crippen LogP contribution is 2.12. The SMILES string of the molecule is COCC(C)(O)CCc1nccn1C. The lowest BCUT2D eigenvalue weighted by atomic mass is 10.0. The molecule has 0 fully saturated rings. The quantitative estimate of drug-likeness (QED) is 0.759. The molecule has 1 unspecified atom stereocenters. The summed E-state index contributed by atoms with van der Waals surface area (Å²) in [6.07, 6.45) is 5.09. The molecule has 0 radical (unpaired) electrons. The maximum Gasteiger partial charge on any atom is 0.108 e. The van der Waals surface area contributed by atoms with E-state index in [4.69, 9.17) is 4.74 Å². The third-order valence-electron chi connectivity index (χ3n) is 2.26. The zero-order valence-electron chi connectivity index (χ0n) is 9.03. The molecule has 1 aromatic heterocycles. The van der Waals surface area contributed by atoms with E-state index >= 15 is 0 Å². The molecule has 0 spiro atoms. The molecule has 14 heavy (non-hydrogen) atoms. The normalized spacial score (nSPS) is 15.4. The summed E-state index contributed by atoms with van der Waals surface area (Å²) in [5, 5.41) is 9.84. The van der Waals surface area contributed by atoms with Gasteiger partial charge < -0.3 is 14.4 Å². The van der Waals surface area contributed by atoms with Crippen LogP contribution in [0.4, 0.5) is 0 Å². The van der Waals surface area contributed by atoms with Crippen molar-refractivity contribution in [2.24, 2.45) is 7.05 Å². The maximum absolute atomic E-state index is 9.84. The lowest BCUT2D eigenvalue weighted by Crippen LogP contribution is -2.31. The average molecular weight is 198 g/mol. The van der Waals surface area contributed by atoms with Crippen LogP contribution < -0.4 is 0 Å². The van der Waals surface area contributed by atoms with Crippen LogP contribution in [0.1, 0.15) is 19.2 Å². The molecule has 1 rings (SSSR count). The molecular weight excluding hydrogens is 180 g/mol. The van der Waals surface area contributed by atoms with Crippen LogP contribution in [0.25, 0.3) is 0 Å². The molecule has 1 N–H and O–H groups in total. The largest absolute Gasteiger partial charge is 0.388 e. The third kappa shape index (κ3) is 3.12. The molecule has 0 saturated carbocycles. The van der Waals surface area contributed by atoms with Crippen molar-refractivity contribution in [2.75, 3.05) is 13.7 Å². The van der Waals surface area contributed by atoms with Gasteiger partial charge >= 0.3 is 0 Å². The minimum atomic E-state index is -0.763. The summed E-state index contributed by atoms with van der Waals surface area (Å²) in [6.45, 7) is 2.14. The Bertz CT molecular complexity index is 281. The zero-order valence-corrected chi connectivity index (χ0v) is 9.03. The molecule has 4 nitrogen and oxygen atoms in total. The summed E-state index contributed by atoms with van der Waals surface area (Å²) in [6, 6.07) is 0. The predicted octanol–water partition coefficient (Wildman–Crippen LogP) is 0.750. The van der Waals surface area contributed by atoms with Crippen molar-refractivity contribution in [1.29, 1.82) is 0 Å². The van der Waals surface area contributed by atoms with E-state index in [9.17, 15) is 5.11 Å². The van der Waals surface area contributed by atoms with E-state index in [1.807, 2.05) is 17.8 Å². The van der Waals surface area contributed by atoms with Gasteiger partial charge in [-0.1, -0.05) is 0 Å². The van der Waals surface area contributed by atoms with Crippen LogP contribution in [0.15, 0.2) is 12.4 Å². The maximum atomic E-state index is 9.84. The number of aryl methyl sites for hydroxylation is 2. The van der Waals surface area contributed by atoms with Crippen LogP contribution in [-0.4, -0.2) is 34.0 Å². The molecule has 80 valence electrons. The van der Waals surface area contributed by atoms with Gasteiger partial charge in [0.1, 0.15) is 5.82 Å². The van der Waals surface area contributed by atoms with Gasteiger partial charge in [-0.2, -0.15) is 0 Å². The highest BCUT2D eigenvalue weighted by molar-refractivity contribution is 4.92. The van der Waals surface area contributed by atoms with Crippen molar-refractivity contribution in [1.82, 2.24) is 9.55 Å². The summed E-state index contributed by atoms with van der Waals surface area (Å²) in [5.74, 6) is 0.987. The molecule has 1 atom stereocenters.